The number of carbonyl (C=O) groups is 1. The van der Waals surface area contributed by atoms with Crippen LogP contribution in [0.5, 0.6) is 0 Å². The largest absolute Gasteiger partial charge is 0.341 e. The summed E-state index contributed by atoms with van der Waals surface area (Å²) in [7, 11) is -1.40. The first-order chi connectivity index (χ1) is 18.7. The van der Waals surface area contributed by atoms with Crippen molar-refractivity contribution in [2.45, 2.75) is 26.3 Å². The summed E-state index contributed by atoms with van der Waals surface area (Å²) in [6.07, 6.45) is 4.60. The van der Waals surface area contributed by atoms with Gasteiger partial charge >= 0.3 is 6.03 Å². The maximum atomic E-state index is 14.8. The van der Waals surface area contributed by atoms with E-state index in [9.17, 15) is 23.0 Å². The first kappa shape index (κ1) is 26.4. The number of nitrogens with zero attached hydrogens (tertiary/aromatic N) is 9. The molecule has 2 unspecified atom stereocenters. The number of benzene rings is 1. The number of carbonyl (C=O) groups excluding carboxylic acids is 1. The summed E-state index contributed by atoms with van der Waals surface area (Å²) in [6.45, 7) is 4.88. The molecule has 1 saturated heterocycles. The fraction of sp³-hybridized carbons (Fsp3) is 0.360. The topological polar surface area (TPSA) is 124 Å². The molecule has 1 fully saturated rings. The molecule has 14 heteroatoms. The maximum absolute atomic E-state index is 14.8. The number of hydrogen-bond acceptors (Lipinski definition) is 8. The van der Waals surface area contributed by atoms with Crippen molar-refractivity contribution in [3.05, 3.63) is 58.5 Å². The summed E-state index contributed by atoms with van der Waals surface area (Å²) >= 11 is 0. The van der Waals surface area contributed by atoms with Crippen molar-refractivity contribution in [2.24, 2.45) is 5.10 Å². The van der Waals surface area contributed by atoms with Gasteiger partial charge in [0.2, 0.25) is 5.95 Å². The zero-order valence-electron chi connectivity index (χ0n) is 21.5. The Bertz CT molecular complexity index is 1540. The Morgan fingerprint density at radius 2 is 1.90 bits per heavy atom. The highest BCUT2D eigenvalue weighted by Gasteiger charge is 2.34. The highest BCUT2D eigenvalue weighted by molar-refractivity contribution is 7.82. The van der Waals surface area contributed by atoms with Crippen LogP contribution in [0.15, 0.2) is 29.5 Å². The van der Waals surface area contributed by atoms with Gasteiger partial charge in [-0.1, -0.05) is 0 Å². The van der Waals surface area contributed by atoms with Crippen molar-refractivity contribution < 1.29 is 17.8 Å². The smallest absolute Gasteiger partial charge is 0.337 e. The Morgan fingerprint density at radius 1 is 1.15 bits per heavy atom. The van der Waals surface area contributed by atoms with Crippen LogP contribution >= 0.6 is 0 Å². The molecule has 2 aromatic heterocycles. The van der Waals surface area contributed by atoms with Gasteiger partial charge in [0.25, 0.3) is 0 Å². The normalized spacial score (nSPS) is 17.9. The van der Waals surface area contributed by atoms with Gasteiger partial charge in [-0.15, -0.1) is 0 Å². The lowest BCUT2D eigenvalue weighted by molar-refractivity contribution is 0.139. The zero-order valence-corrected chi connectivity index (χ0v) is 22.3. The molecular formula is C25H25F2N9O2S. The SMILES string of the molecule is Cc1nn(S(C)=O)c(C)c1-c1nc(N2CCN(C(=O)N3N=CCC3c3cc(F)cc(C#N)c3)CC2)ncc1F. The van der Waals surface area contributed by atoms with Crippen LogP contribution in [0.4, 0.5) is 19.5 Å². The molecule has 5 rings (SSSR count). The number of hydrogen-bond donors (Lipinski definition) is 0. The summed E-state index contributed by atoms with van der Waals surface area (Å²) in [5, 5.41) is 19.0. The molecular weight excluding hydrogens is 528 g/mol. The van der Waals surface area contributed by atoms with E-state index >= 15 is 0 Å². The summed E-state index contributed by atoms with van der Waals surface area (Å²) < 4.78 is 42.2. The van der Waals surface area contributed by atoms with Crippen LogP contribution in [0, 0.1) is 36.8 Å². The van der Waals surface area contributed by atoms with E-state index in [2.05, 4.69) is 20.2 Å². The molecule has 4 heterocycles. The molecule has 2 amide bonds. The molecule has 202 valence electrons. The summed E-state index contributed by atoms with van der Waals surface area (Å²) in [5.41, 5.74) is 2.26. The summed E-state index contributed by atoms with van der Waals surface area (Å²) in [5.74, 6) is -0.852. The van der Waals surface area contributed by atoms with Gasteiger partial charge in [0, 0.05) is 50.6 Å². The maximum Gasteiger partial charge on any atom is 0.341 e. The van der Waals surface area contributed by atoms with Gasteiger partial charge in [0.15, 0.2) is 5.82 Å². The number of piperazine rings is 1. The number of halogens is 2. The number of aromatic nitrogens is 4. The van der Waals surface area contributed by atoms with E-state index in [1.807, 2.05) is 11.0 Å². The predicted molar refractivity (Wildman–Crippen MR) is 140 cm³/mol. The Balaban J connectivity index is 1.31. The minimum atomic E-state index is -1.40. The van der Waals surface area contributed by atoms with Crippen molar-refractivity contribution in [3.63, 3.8) is 0 Å². The lowest BCUT2D eigenvalue weighted by Gasteiger charge is -2.37. The van der Waals surface area contributed by atoms with Crippen LogP contribution in [0.25, 0.3) is 11.3 Å². The lowest BCUT2D eigenvalue weighted by atomic mass is 10.0. The minimum absolute atomic E-state index is 0.0753. The number of anilines is 1. The molecule has 2 aliphatic rings. The molecule has 0 N–H and O–H groups in total. The van der Waals surface area contributed by atoms with Crippen molar-refractivity contribution >= 4 is 29.2 Å². The van der Waals surface area contributed by atoms with Crippen LogP contribution in [0.1, 0.15) is 35.0 Å². The van der Waals surface area contributed by atoms with Gasteiger partial charge in [0.05, 0.1) is 35.3 Å². The fourth-order valence-corrected chi connectivity index (χ4v) is 5.60. The molecule has 0 bridgehead atoms. The second-order valence-electron chi connectivity index (χ2n) is 9.24. The third-order valence-electron chi connectivity index (χ3n) is 6.76. The van der Waals surface area contributed by atoms with E-state index in [4.69, 9.17) is 0 Å². The highest BCUT2D eigenvalue weighted by atomic mass is 32.2. The molecule has 2 atom stereocenters. The first-order valence-corrected chi connectivity index (χ1v) is 13.7. The van der Waals surface area contributed by atoms with E-state index in [1.54, 1.807) is 31.0 Å². The van der Waals surface area contributed by atoms with E-state index < -0.39 is 28.7 Å². The van der Waals surface area contributed by atoms with Crippen molar-refractivity contribution in [3.8, 4) is 17.3 Å². The van der Waals surface area contributed by atoms with Gasteiger partial charge in [-0.05, 0) is 37.6 Å². The van der Waals surface area contributed by atoms with Gasteiger partial charge < -0.3 is 9.80 Å². The van der Waals surface area contributed by atoms with Crippen molar-refractivity contribution in [1.29, 1.82) is 5.26 Å². The number of aryl methyl sites for hydroxylation is 1. The quantitative estimate of drug-likeness (QED) is 0.487. The van der Waals surface area contributed by atoms with Crippen molar-refractivity contribution in [1.82, 2.24) is 29.1 Å². The Kier molecular flexibility index (Phi) is 7.09. The molecule has 3 aromatic rings. The van der Waals surface area contributed by atoms with Gasteiger partial charge in [-0.2, -0.15) is 19.5 Å². The summed E-state index contributed by atoms with van der Waals surface area (Å²) in [4.78, 5) is 25.5. The van der Waals surface area contributed by atoms with E-state index in [0.29, 0.717) is 61.1 Å². The zero-order chi connectivity index (χ0) is 27.8. The number of amides is 2. The number of urea groups is 1. The van der Waals surface area contributed by atoms with Gasteiger partial charge in [-0.3, -0.25) is 0 Å². The summed E-state index contributed by atoms with van der Waals surface area (Å²) in [6, 6.07) is 5.12. The second-order valence-corrected chi connectivity index (χ2v) is 10.4. The second kappa shape index (κ2) is 10.5. The molecule has 0 saturated carbocycles. The van der Waals surface area contributed by atoms with Crippen LogP contribution in [0.3, 0.4) is 0 Å². The molecule has 0 spiro atoms. The van der Waals surface area contributed by atoms with Crippen molar-refractivity contribution in [2.75, 3.05) is 37.3 Å². The number of nitriles is 1. The molecule has 11 nitrogen and oxygen atoms in total. The minimum Gasteiger partial charge on any atom is -0.337 e. The highest BCUT2D eigenvalue weighted by Crippen LogP contribution is 2.32. The van der Waals surface area contributed by atoms with E-state index in [-0.39, 0.29) is 17.3 Å². The van der Waals surface area contributed by atoms with E-state index in [0.717, 1.165) is 12.3 Å². The molecule has 0 radical (unpaired) electrons. The lowest BCUT2D eigenvalue weighted by Crippen LogP contribution is -2.52. The van der Waals surface area contributed by atoms with Crippen LogP contribution in [-0.2, 0) is 11.0 Å². The molecule has 1 aromatic carbocycles. The Labute approximate surface area is 225 Å². The molecule has 39 heavy (non-hydrogen) atoms. The molecule has 2 aliphatic heterocycles. The molecule has 0 aliphatic carbocycles. The average Bonchev–Trinajstić information content (AvgIpc) is 3.53. The van der Waals surface area contributed by atoms with Gasteiger partial charge in [0.1, 0.15) is 22.5 Å². The first-order valence-electron chi connectivity index (χ1n) is 12.2. The number of rotatable bonds is 4. The predicted octanol–water partition coefficient (Wildman–Crippen LogP) is 2.92. The Morgan fingerprint density at radius 3 is 2.56 bits per heavy atom. The van der Waals surface area contributed by atoms with Crippen LogP contribution in [0.2, 0.25) is 0 Å². The van der Waals surface area contributed by atoms with Crippen LogP contribution < -0.4 is 4.90 Å². The average molecular weight is 554 g/mol. The number of hydrazone groups is 1. The third kappa shape index (κ3) is 4.97. The van der Waals surface area contributed by atoms with Gasteiger partial charge in [-0.25, -0.2) is 32.8 Å². The monoisotopic (exact) mass is 553 g/mol. The Hall–Kier alpha value is -4.25. The standard InChI is InChI=1S/C25H25F2N9O2S/c1-15-22(16(2)36(32-15)39(3)38)23-20(27)14-29-24(31-23)33-6-8-34(9-7-33)25(37)35-21(4-5-30-35)18-10-17(13-28)11-19(26)12-18/h5,10-12,14,21H,4,6-9H2,1-3H3. The van der Waals surface area contributed by atoms with E-state index in [1.165, 1.54) is 21.4 Å². The third-order valence-corrected chi connectivity index (χ3v) is 7.60. The fourth-order valence-electron chi connectivity index (χ4n) is 4.88. The van der Waals surface area contributed by atoms with Crippen LogP contribution in [-0.4, -0.2) is 78.0 Å².